The molecule has 1 atom stereocenters. The Hall–Kier alpha value is -1.61. The van der Waals surface area contributed by atoms with Crippen molar-refractivity contribution in [2.45, 2.75) is 6.10 Å². The van der Waals surface area contributed by atoms with Gasteiger partial charge in [-0.1, -0.05) is 6.07 Å². The van der Waals surface area contributed by atoms with E-state index in [-0.39, 0.29) is 13.2 Å². The molecule has 0 fully saturated rings. The first kappa shape index (κ1) is 14.5. The summed E-state index contributed by atoms with van der Waals surface area (Å²) < 4.78 is 15.3. The van der Waals surface area contributed by atoms with E-state index >= 15 is 0 Å². The molecule has 5 nitrogen and oxygen atoms in total. The third-order valence-electron chi connectivity index (χ3n) is 2.15. The number of hydrogen-bond donors (Lipinski definition) is 1. The van der Waals surface area contributed by atoms with E-state index in [1.807, 2.05) is 6.07 Å². The van der Waals surface area contributed by atoms with Gasteiger partial charge in [0.25, 0.3) is 0 Å². The van der Waals surface area contributed by atoms with E-state index in [9.17, 15) is 5.11 Å². The van der Waals surface area contributed by atoms with Crippen LogP contribution in [0.4, 0.5) is 0 Å². The van der Waals surface area contributed by atoms with Crippen molar-refractivity contribution in [3.05, 3.63) is 29.8 Å². The van der Waals surface area contributed by atoms with Crippen LogP contribution >= 0.6 is 0 Å². The SMILES string of the molecule is COCCOCC(O)COc1cccc(C#N)c1. The predicted octanol–water partition coefficient (Wildman–Crippen LogP) is 0.961. The Kier molecular flexibility index (Phi) is 6.81. The van der Waals surface area contributed by atoms with E-state index in [1.165, 1.54) is 0 Å². The fourth-order valence-electron chi connectivity index (χ4n) is 1.26. The monoisotopic (exact) mass is 251 g/mol. The number of aliphatic hydroxyl groups excluding tert-OH is 1. The normalized spacial score (nSPS) is 11.8. The zero-order valence-corrected chi connectivity index (χ0v) is 10.3. The number of hydrogen-bond acceptors (Lipinski definition) is 5. The Labute approximate surface area is 107 Å². The number of rotatable bonds is 8. The van der Waals surface area contributed by atoms with Crippen LogP contribution in [0.3, 0.4) is 0 Å². The highest BCUT2D eigenvalue weighted by atomic mass is 16.5. The van der Waals surface area contributed by atoms with Crippen LogP contribution in [0.15, 0.2) is 24.3 Å². The smallest absolute Gasteiger partial charge is 0.120 e. The van der Waals surface area contributed by atoms with Crippen LogP contribution in [-0.2, 0) is 9.47 Å². The molecule has 1 unspecified atom stereocenters. The molecule has 1 aromatic carbocycles. The van der Waals surface area contributed by atoms with Gasteiger partial charge in [-0.15, -0.1) is 0 Å². The molecule has 0 saturated carbocycles. The summed E-state index contributed by atoms with van der Waals surface area (Å²) in [6.07, 6.45) is -0.701. The molecular formula is C13H17NO4. The quantitative estimate of drug-likeness (QED) is 0.697. The van der Waals surface area contributed by atoms with E-state index in [1.54, 1.807) is 31.4 Å². The fraction of sp³-hybridized carbons (Fsp3) is 0.462. The van der Waals surface area contributed by atoms with Crippen molar-refractivity contribution >= 4 is 0 Å². The minimum absolute atomic E-state index is 0.127. The second-order valence-corrected chi connectivity index (χ2v) is 3.67. The number of methoxy groups -OCH3 is 1. The molecule has 0 bridgehead atoms. The van der Waals surface area contributed by atoms with Crippen molar-refractivity contribution in [1.29, 1.82) is 5.26 Å². The maximum absolute atomic E-state index is 9.58. The first-order valence-corrected chi connectivity index (χ1v) is 5.64. The highest BCUT2D eigenvalue weighted by molar-refractivity contribution is 5.36. The van der Waals surface area contributed by atoms with Gasteiger partial charge in [-0.25, -0.2) is 0 Å². The van der Waals surface area contributed by atoms with Gasteiger partial charge < -0.3 is 19.3 Å². The van der Waals surface area contributed by atoms with Crippen molar-refractivity contribution in [2.75, 3.05) is 33.5 Å². The number of nitrogens with zero attached hydrogens (tertiary/aromatic N) is 1. The molecule has 0 amide bonds. The average molecular weight is 251 g/mol. The van der Waals surface area contributed by atoms with Crippen molar-refractivity contribution in [3.63, 3.8) is 0 Å². The zero-order valence-electron chi connectivity index (χ0n) is 10.3. The van der Waals surface area contributed by atoms with Gasteiger partial charge in [-0.3, -0.25) is 0 Å². The average Bonchev–Trinajstić information content (AvgIpc) is 2.41. The second kappa shape index (κ2) is 8.48. The molecule has 18 heavy (non-hydrogen) atoms. The van der Waals surface area contributed by atoms with Crippen molar-refractivity contribution in [3.8, 4) is 11.8 Å². The molecule has 0 radical (unpaired) electrons. The van der Waals surface area contributed by atoms with Crippen LogP contribution in [0.2, 0.25) is 0 Å². The summed E-state index contributed by atoms with van der Waals surface area (Å²) in [5.41, 5.74) is 0.526. The standard InChI is InChI=1S/C13H17NO4/c1-16-5-6-17-9-12(15)10-18-13-4-2-3-11(7-13)8-14/h2-4,7,12,15H,5-6,9-10H2,1H3. The molecule has 0 aliphatic carbocycles. The molecule has 1 rings (SSSR count). The van der Waals surface area contributed by atoms with Crippen LogP contribution in [0.1, 0.15) is 5.56 Å². The lowest BCUT2D eigenvalue weighted by atomic mass is 10.2. The Morgan fingerprint density at radius 3 is 2.89 bits per heavy atom. The van der Waals surface area contributed by atoms with Crippen LogP contribution < -0.4 is 4.74 Å². The topological polar surface area (TPSA) is 71.7 Å². The van der Waals surface area contributed by atoms with E-state index in [0.29, 0.717) is 24.5 Å². The summed E-state index contributed by atoms with van der Waals surface area (Å²) in [5.74, 6) is 0.560. The summed E-state index contributed by atoms with van der Waals surface area (Å²) in [7, 11) is 1.59. The summed E-state index contributed by atoms with van der Waals surface area (Å²) >= 11 is 0. The minimum Gasteiger partial charge on any atom is -0.491 e. The Morgan fingerprint density at radius 2 is 2.17 bits per heavy atom. The summed E-state index contributed by atoms with van der Waals surface area (Å²) in [6, 6.07) is 8.80. The lowest BCUT2D eigenvalue weighted by molar-refractivity contribution is -0.00419. The second-order valence-electron chi connectivity index (χ2n) is 3.67. The van der Waals surface area contributed by atoms with Gasteiger partial charge in [0.2, 0.25) is 0 Å². The van der Waals surface area contributed by atoms with Crippen molar-refractivity contribution in [1.82, 2.24) is 0 Å². The number of nitriles is 1. The maximum atomic E-state index is 9.58. The van der Waals surface area contributed by atoms with Gasteiger partial charge in [-0.2, -0.15) is 5.26 Å². The lowest BCUT2D eigenvalue weighted by Crippen LogP contribution is -2.24. The Morgan fingerprint density at radius 1 is 1.33 bits per heavy atom. The Balaban J connectivity index is 2.25. The lowest BCUT2D eigenvalue weighted by Gasteiger charge is -2.12. The Bertz CT molecular complexity index is 389. The van der Waals surface area contributed by atoms with Crippen molar-refractivity contribution in [2.24, 2.45) is 0 Å². The van der Waals surface area contributed by atoms with Crippen LogP contribution in [-0.4, -0.2) is 44.7 Å². The molecule has 0 saturated heterocycles. The molecule has 0 aromatic heterocycles. The number of aliphatic hydroxyl groups is 1. The molecule has 1 N–H and O–H groups in total. The first-order valence-electron chi connectivity index (χ1n) is 5.64. The van der Waals surface area contributed by atoms with Gasteiger partial charge in [0.1, 0.15) is 18.5 Å². The van der Waals surface area contributed by atoms with Gasteiger partial charge in [-0.05, 0) is 18.2 Å². The number of benzene rings is 1. The summed E-state index contributed by atoms with van der Waals surface area (Å²) in [6.45, 7) is 1.26. The first-order chi connectivity index (χ1) is 8.76. The van der Waals surface area contributed by atoms with Crippen LogP contribution in [0.25, 0.3) is 0 Å². The molecule has 0 aliphatic rings. The summed E-state index contributed by atoms with van der Waals surface area (Å²) in [4.78, 5) is 0. The van der Waals surface area contributed by atoms with E-state index in [4.69, 9.17) is 19.5 Å². The molecule has 1 aromatic rings. The molecule has 0 spiro atoms. The van der Waals surface area contributed by atoms with E-state index < -0.39 is 6.10 Å². The van der Waals surface area contributed by atoms with Gasteiger partial charge in [0.05, 0.1) is 31.5 Å². The highest BCUT2D eigenvalue weighted by Gasteiger charge is 2.05. The van der Waals surface area contributed by atoms with Gasteiger partial charge in [0, 0.05) is 7.11 Å². The number of ether oxygens (including phenoxy) is 3. The van der Waals surface area contributed by atoms with Crippen molar-refractivity contribution < 1.29 is 19.3 Å². The van der Waals surface area contributed by atoms with Crippen LogP contribution in [0, 0.1) is 11.3 Å². The largest absolute Gasteiger partial charge is 0.491 e. The molecule has 0 heterocycles. The maximum Gasteiger partial charge on any atom is 0.120 e. The highest BCUT2D eigenvalue weighted by Crippen LogP contribution is 2.12. The predicted molar refractivity (Wildman–Crippen MR) is 65.4 cm³/mol. The van der Waals surface area contributed by atoms with Gasteiger partial charge in [0.15, 0.2) is 0 Å². The molecular weight excluding hydrogens is 234 g/mol. The summed E-state index contributed by atoms with van der Waals surface area (Å²) in [5, 5.41) is 18.3. The molecule has 0 aliphatic heterocycles. The molecule has 98 valence electrons. The zero-order chi connectivity index (χ0) is 13.2. The van der Waals surface area contributed by atoms with Gasteiger partial charge >= 0.3 is 0 Å². The third kappa shape index (κ3) is 5.64. The third-order valence-corrected chi connectivity index (χ3v) is 2.15. The van der Waals surface area contributed by atoms with E-state index in [2.05, 4.69) is 0 Å². The fourth-order valence-corrected chi connectivity index (χ4v) is 1.26. The minimum atomic E-state index is -0.701. The van der Waals surface area contributed by atoms with E-state index in [0.717, 1.165) is 0 Å². The molecule has 5 heteroatoms. The van der Waals surface area contributed by atoms with Crippen LogP contribution in [0.5, 0.6) is 5.75 Å².